The second-order valence-electron chi connectivity index (χ2n) is 5.77. The zero-order valence-electron chi connectivity index (χ0n) is 13.7. The molecule has 4 N–H and O–H groups in total. The van der Waals surface area contributed by atoms with Gasteiger partial charge in [-0.25, -0.2) is 15.0 Å². The molecule has 25 heavy (non-hydrogen) atoms. The molecular weight excluding hydrogens is 316 g/mol. The summed E-state index contributed by atoms with van der Waals surface area (Å²) in [6.45, 7) is 2.72. The van der Waals surface area contributed by atoms with Crippen molar-refractivity contribution in [1.82, 2.24) is 25.1 Å². The van der Waals surface area contributed by atoms with E-state index in [1.807, 2.05) is 6.92 Å². The number of aromatic amines is 1. The Kier molecular flexibility index (Phi) is 3.54. The van der Waals surface area contributed by atoms with Gasteiger partial charge in [0, 0.05) is 41.3 Å². The minimum Gasteiger partial charge on any atom is -0.383 e. The molecule has 0 saturated heterocycles. The normalized spacial score (nSPS) is 12.2. The average molecular weight is 332 g/mol. The van der Waals surface area contributed by atoms with Crippen molar-refractivity contribution >= 4 is 11.8 Å². The fourth-order valence-electron chi connectivity index (χ4n) is 3.20. The first kappa shape index (κ1) is 15.1. The molecule has 0 atom stereocenters. The van der Waals surface area contributed by atoms with E-state index in [0.29, 0.717) is 11.5 Å². The van der Waals surface area contributed by atoms with Crippen LogP contribution in [0.4, 0.5) is 11.8 Å². The predicted octanol–water partition coefficient (Wildman–Crippen LogP) is 1.91. The summed E-state index contributed by atoms with van der Waals surface area (Å²) in [6.07, 6.45) is 6.73. The number of hydrogen-bond donors (Lipinski definition) is 3. The number of H-pyrrole nitrogens is 1. The van der Waals surface area contributed by atoms with E-state index in [9.17, 15) is 5.26 Å². The van der Waals surface area contributed by atoms with Crippen molar-refractivity contribution in [2.24, 2.45) is 0 Å². The van der Waals surface area contributed by atoms with Crippen molar-refractivity contribution in [1.29, 1.82) is 5.26 Å². The van der Waals surface area contributed by atoms with E-state index in [1.165, 1.54) is 0 Å². The molecule has 0 spiro atoms. The van der Waals surface area contributed by atoms with Gasteiger partial charge in [-0.3, -0.25) is 5.10 Å². The van der Waals surface area contributed by atoms with Gasteiger partial charge < -0.3 is 11.1 Å². The summed E-state index contributed by atoms with van der Waals surface area (Å²) in [4.78, 5) is 13.1. The molecule has 0 aromatic carbocycles. The van der Waals surface area contributed by atoms with Gasteiger partial charge in [-0.1, -0.05) is 0 Å². The highest BCUT2D eigenvalue weighted by molar-refractivity contribution is 5.85. The molecule has 0 radical (unpaired) electrons. The second kappa shape index (κ2) is 5.87. The number of hydrogen-bond acceptors (Lipinski definition) is 7. The van der Waals surface area contributed by atoms with Gasteiger partial charge in [-0.2, -0.15) is 10.4 Å². The van der Waals surface area contributed by atoms with Crippen molar-refractivity contribution in [3.05, 3.63) is 35.4 Å². The fraction of sp³-hybridized carbons (Fsp3) is 0.235. The summed E-state index contributed by atoms with van der Waals surface area (Å²) < 4.78 is 0. The Morgan fingerprint density at radius 2 is 2.08 bits per heavy atom. The Hall–Kier alpha value is -3.47. The van der Waals surface area contributed by atoms with E-state index in [4.69, 9.17) is 5.73 Å². The Morgan fingerprint density at radius 1 is 1.28 bits per heavy atom. The fourth-order valence-corrected chi connectivity index (χ4v) is 3.20. The largest absolute Gasteiger partial charge is 0.383 e. The number of fused-ring (bicyclic) bond motifs is 3. The molecule has 0 aliphatic heterocycles. The van der Waals surface area contributed by atoms with Crippen LogP contribution in [0.3, 0.4) is 0 Å². The van der Waals surface area contributed by atoms with E-state index >= 15 is 0 Å². The first-order chi connectivity index (χ1) is 12.2. The maximum Gasteiger partial charge on any atom is 0.222 e. The Labute approximate surface area is 144 Å². The van der Waals surface area contributed by atoms with Gasteiger partial charge in [-0.05, 0) is 25.3 Å². The van der Waals surface area contributed by atoms with Gasteiger partial charge in [0.25, 0.3) is 0 Å². The van der Waals surface area contributed by atoms with Gasteiger partial charge in [0.1, 0.15) is 17.5 Å². The number of nitrogens with one attached hydrogen (secondary N) is 2. The SMILES string of the molecule is CCNc1ncc(-c2c(C#N)c(N)nc3c2CCc2[nH]ncc2-3)cn1. The molecule has 0 fully saturated rings. The maximum atomic E-state index is 9.61. The molecule has 8 nitrogen and oxygen atoms in total. The lowest BCUT2D eigenvalue weighted by Gasteiger charge is -2.20. The highest BCUT2D eigenvalue weighted by Gasteiger charge is 2.26. The first-order valence-electron chi connectivity index (χ1n) is 8.04. The monoisotopic (exact) mass is 332 g/mol. The molecule has 4 rings (SSSR count). The number of rotatable bonds is 3. The zero-order chi connectivity index (χ0) is 17.4. The molecule has 124 valence electrons. The van der Waals surface area contributed by atoms with Crippen molar-refractivity contribution < 1.29 is 0 Å². The van der Waals surface area contributed by atoms with E-state index in [2.05, 4.69) is 36.5 Å². The van der Waals surface area contributed by atoms with Crippen LogP contribution < -0.4 is 11.1 Å². The third kappa shape index (κ3) is 2.37. The van der Waals surface area contributed by atoms with Crippen molar-refractivity contribution in [3.63, 3.8) is 0 Å². The Morgan fingerprint density at radius 3 is 2.80 bits per heavy atom. The standard InChI is InChI=1S/C17H16N8/c1-2-20-17-21-6-9(7-22-17)14-10-3-4-13-12(8-23-25-13)15(10)24-16(19)11(14)5-18/h6-8H,2-4H2,1H3,(H2,19,24)(H,23,25)(H,20,21,22). The number of aromatic nitrogens is 5. The third-order valence-corrected chi connectivity index (χ3v) is 4.31. The maximum absolute atomic E-state index is 9.61. The molecule has 0 bridgehead atoms. The van der Waals surface area contributed by atoms with Crippen LogP contribution in [-0.4, -0.2) is 31.7 Å². The highest BCUT2D eigenvalue weighted by Crippen LogP contribution is 2.40. The van der Waals surface area contributed by atoms with Crippen LogP contribution in [0.2, 0.25) is 0 Å². The first-order valence-corrected chi connectivity index (χ1v) is 8.04. The zero-order valence-corrected chi connectivity index (χ0v) is 13.7. The van der Waals surface area contributed by atoms with Crippen LogP contribution in [-0.2, 0) is 12.8 Å². The van der Waals surface area contributed by atoms with E-state index in [0.717, 1.165) is 53.0 Å². The topological polar surface area (TPSA) is 129 Å². The minimum absolute atomic E-state index is 0.209. The molecular formula is C17H16N8. The smallest absolute Gasteiger partial charge is 0.222 e. The van der Waals surface area contributed by atoms with E-state index in [1.54, 1.807) is 18.6 Å². The van der Waals surface area contributed by atoms with Crippen LogP contribution in [0, 0.1) is 11.3 Å². The molecule has 3 aromatic rings. The molecule has 0 unspecified atom stereocenters. The average Bonchev–Trinajstić information content (AvgIpc) is 3.11. The molecule has 1 aliphatic carbocycles. The third-order valence-electron chi connectivity index (χ3n) is 4.31. The molecule has 3 aromatic heterocycles. The quantitative estimate of drug-likeness (QED) is 0.668. The number of nitriles is 1. The Balaban J connectivity index is 1.94. The number of nitrogens with zero attached hydrogens (tertiary/aromatic N) is 5. The van der Waals surface area contributed by atoms with E-state index in [-0.39, 0.29) is 5.82 Å². The van der Waals surface area contributed by atoms with Gasteiger partial charge >= 0.3 is 0 Å². The molecule has 8 heteroatoms. The molecule has 3 heterocycles. The summed E-state index contributed by atoms with van der Waals surface area (Å²) in [6, 6.07) is 2.19. The van der Waals surface area contributed by atoms with Crippen LogP contribution in [0.15, 0.2) is 18.6 Å². The number of pyridine rings is 1. The number of nitrogen functional groups attached to an aromatic ring is 1. The van der Waals surface area contributed by atoms with Crippen molar-refractivity contribution in [2.45, 2.75) is 19.8 Å². The highest BCUT2D eigenvalue weighted by atomic mass is 15.1. The van der Waals surface area contributed by atoms with E-state index < -0.39 is 0 Å². The lowest BCUT2D eigenvalue weighted by Crippen LogP contribution is -2.11. The second-order valence-corrected chi connectivity index (χ2v) is 5.77. The van der Waals surface area contributed by atoms with Crippen LogP contribution >= 0.6 is 0 Å². The summed E-state index contributed by atoms with van der Waals surface area (Å²) in [5.74, 6) is 0.763. The summed E-state index contributed by atoms with van der Waals surface area (Å²) in [7, 11) is 0. The lowest BCUT2D eigenvalue weighted by molar-refractivity contribution is 0.875. The summed E-state index contributed by atoms with van der Waals surface area (Å²) >= 11 is 0. The Bertz CT molecular complexity index is 981. The van der Waals surface area contributed by atoms with Crippen LogP contribution in [0.1, 0.15) is 23.7 Å². The summed E-state index contributed by atoms with van der Waals surface area (Å²) in [5.41, 5.74) is 11.7. The number of aryl methyl sites for hydroxylation is 1. The lowest BCUT2D eigenvalue weighted by atomic mass is 9.86. The number of nitrogens with two attached hydrogens (primary N) is 1. The number of anilines is 2. The van der Waals surface area contributed by atoms with Crippen LogP contribution in [0.25, 0.3) is 22.4 Å². The summed E-state index contributed by atoms with van der Waals surface area (Å²) in [5, 5.41) is 19.8. The van der Waals surface area contributed by atoms with Gasteiger partial charge in [0.15, 0.2) is 0 Å². The van der Waals surface area contributed by atoms with Gasteiger partial charge in [0.2, 0.25) is 5.95 Å². The molecule has 0 amide bonds. The molecule has 0 saturated carbocycles. The van der Waals surface area contributed by atoms with Crippen molar-refractivity contribution in [3.8, 4) is 28.5 Å². The van der Waals surface area contributed by atoms with Crippen molar-refractivity contribution in [2.75, 3.05) is 17.6 Å². The molecule has 1 aliphatic rings. The predicted molar refractivity (Wildman–Crippen MR) is 93.5 cm³/mol. The minimum atomic E-state index is 0.209. The van der Waals surface area contributed by atoms with Gasteiger partial charge in [0.05, 0.1) is 11.9 Å². The van der Waals surface area contributed by atoms with Crippen LogP contribution in [0.5, 0.6) is 0 Å². The van der Waals surface area contributed by atoms with Gasteiger partial charge in [-0.15, -0.1) is 0 Å².